The van der Waals surface area contributed by atoms with Crippen LogP contribution in [-0.4, -0.2) is 51.5 Å². The molecule has 1 unspecified atom stereocenters. The fraction of sp³-hybridized carbons (Fsp3) is 0.824. The van der Waals surface area contributed by atoms with Gasteiger partial charge in [-0.3, -0.25) is 9.59 Å². The van der Waals surface area contributed by atoms with Gasteiger partial charge in [0.2, 0.25) is 0 Å². The summed E-state index contributed by atoms with van der Waals surface area (Å²) in [6, 6.07) is 0. The number of aliphatic hydroxyl groups excluding tert-OH is 2. The van der Waals surface area contributed by atoms with Crippen molar-refractivity contribution in [1.82, 2.24) is 0 Å². The Labute approximate surface area is 241 Å². The quantitative estimate of drug-likeness (QED) is 0.136. The molecule has 1 spiro atoms. The van der Waals surface area contributed by atoms with Gasteiger partial charge in [-0.1, -0.05) is 104 Å². The number of esters is 1. The van der Waals surface area contributed by atoms with Crippen molar-refractivity contribution in [2.75, 3.05) is 6.61 Å². The number of rotatable bonds is 14. The van der Waals surface area contributed by atoms with Gasteiger partial charge >= 0.3 is 5.97 Å². The van der Waals surface area contributed by atoms with Crippen LogP contribution in [0.1, 0.15) is 118 Å². The van der Waals surface area contributed by atoms with E-state index in [1.165, 1.54) is 51.4 Å². The monoisotopic (exact) mass is 558 g/mol. The second-order valence-corrected chi connectivity index (χ2v) is 14.0. The average Bonchev–Trinajstić information content (AvgIpc) is 3.42. The summed E-state index contributed by atoms with van der Waals surface area (Å²) in [5, 5.41) is 34.3. The van der Waals surface area contributed by atoms with Gasteiger partial charge in [0.05, 0.1) is 12.0 Å². The molecule has 0 saturated heterocycles. The molecule has 6 nitrogen and oxygen atoms in total. The smallest absolute Gasteiger partial charge is 0.306 e. The van der Waals surface area contributed by atoms with Crippen molar-refractivity contribution in [3.63, 3.8) is 0 Å². The molecule has 8 atom stereocenters. The largest absolute Gasteiger partial charge is 0.454 e. The summed E-state index contributed by atoms with van der Waals surface area (Å²) < 4.78 is 5.98. The van der Waals surface area contributed by atoms with Gasteiger partial charge in [0, 0.05) is 12.3 Å². The predicted octanol–water partition coefficient (Wildman–Crippen LogP) is 6.07. The molecule has 226 valence electrons. The van der Waals surface area contributed by atoms with Crippen LogP contribution >= 0.6 is 0 Å². The summed E-state index contributed by atoms with van der Waals surface area (Å²) >= 11 is 0. The first kappa shape index (κ1) is 31.4. The first-order valence-electron chi connectivity index (χ1n) is 16.1. The van der Waals surface area contributed by atoms with E-state index in [0.717, 1.165) is 19.3 Å². The van der Waals surface area contributed by atoms with E-state index in [-0.39, 0.29) is 29.5 Å². The lowest BCUT2D eigenvalue weighted by Gasteiger charge is -2.49. The highest BCUT2D eigenvalue weighted by molar-refractivity contribution is 5.95. The summed E-state index contributed by atoms with van der Waals surface area (Å²) in [5.74, 6) is -0.905. The standard InChI is InChI=1S/C34H54O6/c1-6-7-8-9-10-11-12-13-14-15-16-17-27(36)40-31-24(21-35)19-25-28-26(32(28,4)5)18-23(3)33(30(25)38)20-22(2)29(37)34(31,33)39/h19-20,23,25-26,28-29,31,35,37,39H,6-18,21H2,1-5H3/t23-,25?,26-,28+,29+,31-,33+,34-/m1/s1. The topological polar surface area (TPSA) is 104 Å². The molecule has 2 saturated carbocycles. The molecule has 4 aliphatic carbocycles. The minimum Gasteiger partial charge on any atom is -0.454 e. The fourth-order valence-electron chi connectivity index (χ4n) is 8.70. The van der Waals surface area contributed by atoms with Gasteiger partial charge in [-0.2, -0.15) is 0 Å². The second-order valence-electron chi connectivity index (χ2n) is 14.0. The number of hydrogen-bond donors (Lipinski definition) is 3. The van der Waals surface area contributed by atoms with Gasteiger partial charge in [-0.05, 0) is 54.1 Å². The van der Waals surface area contributed by atoms with Crippen LogP contribution in [0.3, 0.4) is 0 Å². The van der Waals surface area contributed by atoms with Crippen LogP contribution in [0.25, 0.3) is 0 Å². The highest BCUT2D eigenvalue weighted by atomic mass is 16.6. The number of carbonyl (C=O) groups is 2. The minimum atomic E-state index is -2.05. The Kier molecular flexibility index (Phi) is 9.74. The Bertz CT molecular complexity index is 996. The SMILES string of the molecule is CCCCCCCCCCCCCC(=O)O[C@@H]1C(CO)=CC2C(=O)[C@]3(C=C(C)[C@H](O)[C@@]13O)[C@H](C)C[C@@H]1[C@H]2C1(C)C. The van der Waals surface area contributed by atoms with Gasteiger partial charge in [0.15, 0.2) is 17.5 Å². The summed E-state index contributed by atoms with van der Waals surface area (Å²) in [6.45, 7) is 9.85. The molecule has 0 aliphatic heterocycles. The van der Waals surface area contributed by atoms with Crippen LogP contribution in [0, 0.1) is 34.5 Å². The summed E-state index contributed by atoms with van der Waals surface area (Å²) in [7, 11) is 0. The maximum absolute atomic E-state index is 14.4. The molecule has 0 radical (unpaired) electrons. The Hall–Kier alpha value is -1.50. The van der Waals surface area contributed by atoms with Gasteiger partial charge in [-0.15, -0.1) is 0 Å². The lowest BCUT2D eigenvalue weighted by atomic mass is 9.59. The van der Waals surface area contributed by atoms with Crippen molar-refractivity contribution in [3.8, 4) is 0 Å². The average molecular weight is 559 g/mol. The fourth-order valence-corrected chi connectivity index (χ4v) is 8.70. The van der Waals surface area contributed by atoms with E-state index in [9.17, 15) is 24.9 Å². The van der Waals surface area contributed by atoms with Gasteiger partial charge in [-0.25, -0.2) is 0 Å². The van der Waals surface area contributed by atoms with E-state index in [1.54, 1.807) is 19.1 Å². The number of aliphatic hydroxyl groups is 3. The Morgan fingerprint density at radius 2 is 1.60 bits per heavy atom. The Balaban J connectivity index is 1.43. The Morgan fingerprint density at radius 3 is 2.17 bits per heavy atom. The number of carbonyl (C=O) groups excluding carboxylic acids is 2. The third-order valence-corrected chi connectivity index (χ3v) is 11.1. The van der Waals surface area contributed by atoms with E-state index >= 15 is 0 Å². The van der Waals surface area contributed by atoms with E-state index in [2.05, 4.69) is 20.8 Å². The van der Waals surface area contributed by atoms with Gasteiger partial charge in [0.1, 0.15) is 6.10 Å². The molecular formula is C34H54O6. The van der Waals surface area contributed by atoms with Crippen LogP contribution in [0.15, 0.2) is 23.3 Å². The van der Waals surface area contributed by atoms with Crippen molar-refractivity contribution in [3.05, 3.63) is 23.3 Å². The van der Waals surface area contributed by atoms with Crippen molar-refractivity contribution in [2.24, 2.45) is 34.5 Å². The molecule has 0 aromatic rings. The van der Waals surface area contributed by atoms with E-state index in [1.807, 2.05) is 6.92 Å². The van der Waals surface area contributed by atoms with Crippen molar-refractivity contribution < 1.29 is 29.6 Å². The second kappa shape index (κ2) is 12.4. The van der Waals surface area contributed by atoms with Crippen molar-refractivity contribution in [2.45, 2.75) is 136 Å². The summed E-state index contributed by atoms with van der Waals surface area (Å²) in [5.41, 5.74) is -2.61. The number of allylic oxidation sites excluding steroid dienone is 1. The summed E-state index contributed by atoms with van der Waals surface area (Å²) in [6.07, 6.45) is 14.8. The van der Waals surface area contributed by atoms with Crippen LogP contribution in [0.4, 0.5) is 0 Å². The lowest BCUT2D eigenvalue weighted by molar-refractivity contribution is -0.204. The molecule has 0 aromatic heterocycles. The molecule has 2 fully saturated rings. The highest BCUT2D eigenvalue weighted by Gasteiger charge is 2.76. The maximum Gasteiger partial charge on any atom is 0.306 e. The number of hydrogen-bond acceptors (Lipinski definition) is 6. The normalized spacial score (nSPS) is 37.5. The molecule has 2 bridgehead atoms. The number of Topliss-reactive ketones (excluding diaryl/α,β-unsaturated/α-hetero) is 1. The molecule has 0 heterocycles. The zero-order chi connectivity index (χ0) is 29.3. The van der Waals surface area contributed by atoms with Crippen molar-refractivity contribution >= 4 is 11.8 Å². The highest BCUT2D eigenvalue weighted by Crippen LogP contribution is 2.71. The molecule has 6 heteroatoms. The summed E-state index contributed by atoms with van der Waals surface area (Å²) in [4.78, 5) is 27.5. The van der Waals surface area contributed by atoms with Crippen LogP contribution in [0.5, 0.6) is 0 Å². The zero-order valence-corrected chi connectivity index (χ0v) is 25.6. The van der Waals surface area contributed by atoms with E-state index in [4.69, 9.17) is 4.74 Å². The number of unbranched alkanes of at least 4 members (excludes halogenated alkanes) is 10. The molecule has 40 heavy (non-hydrogen) atoms. The van der Waals surface area contributed by atoms with Crippen molar-refractivity contribution in [1.29, 1.82) is 0 Å². The van der Waals surface area contributed by atoms with Crippen LogP contribution < -0.4 is 0 Å². The maximum atomic E-state index is 14.4. The Morgan fingerprint density at radius 1 is 1.02 bits per heavy atom. The van der Waals surface area contributed by atoms with Gasteiger partial charge in [0.25, 0.3) is 0 Å². The first-order valence-corrected chi connectivity index (χ1v) is 16.1. The van der Waals surface area contributed by atoms with E-state index < -0.39 is 41.7 Å². The minimum absolute atomic E-state index is 0.0209. The third kappa shape index (κ3) is 5.26. The molecule has 4 aliphatic rings. The van der Waals surface area contributed by atoms with Gasteiger partial charge < -0.3 is 20.1 Å². The number of fused-ring (bicyclic) bond motifs is 3. The molecule has 4 rings (SSSR count). The first-order chi connectivity index (χ1) is 19.0. The van der Waals surface area contributed by atoms with Crippen LogP contribution in [-0.2, 0) is 14.3 Å². The molecular weight excluding hydrogens is 504 g/mol. The zero-order valence-electron chi connectivity index (χ0n) is 25.6. The van der Waals surface area contributed by atoms with E-state index in [0.29, 0.717) is 23.5 Å². The number of ether oxygens (including phenoxy) is 1. The third-order valence-electron chi connectivity index (χ3n) is 11.1. The lowest BCUT2D eigenvalue weighted by Crippen LogP contribution is -2.66. The molecule has 3 N–H and O–H groups in total. The predicted molar refractivity (Wildman–Crippen MR) is 156 cm³/mol. The molecule has 0 aromatic carbocycles. The number of ketones is 1. The molecule has 0 amide bonds. The van der Waals surface area contributed by atoms with Crippen LogP contribution in [0.2, 0.25) is 0 Å².